The van der Waals surface area contributed by atoms with Gasteiger partial charge < -0.3 is 10.0 Å². The van der Waals surface area contributed by atoms with Crippen molar-refractivity contribution in [2.45, 2.75) is 6.17 Å². The van der Waals surface area contributed by atoms with Crippen LogP contribution in [0.5, 0.6) is 0 Å². The number of hydrogen-bond donors (Lipinski definition) is 1. The molecule has 4 heteroatoms. The second-order valence-electron chi connectivity index (χ2n) is 2.13. The minimum Gasteiger partial charge on any atom is -0.465 e. The van der Waals surface area contributed by atoms with Crippen LogP contribution >= 0.6 is 0 Å². The molecule has 10 heavy (non-hydrogen) atoms. The van der Waals surface area contributed by atoms with Crippen LogP contribution in [0.15, 0.2) is 12.2 Å². The lowest BCUT2D eigenvalue weighted by Gasteiger charge is -2.21. The zero-order valence-electron chi connectivity index (χ0n) is 5.33. The highest BCUT2D eigenvalue weighted by Crippen LogP contribution is 2.04. The zero-order chi connectivity index (χ0) is 7.56. The molecule has 0 radical (unpaired) electrons. The van der Waals surface area contributed by atoms with Gasteiger partial charge in [-0.05, 0) is 0 Å². The van der Waals surface area contributed by atoms with Crippen molar-refractivity contribution in [3.8, 4) is 0 Å². The van der Waals surface area contributed by atoms with Crippen LogP contribution < -0.4 is 0 Å². The fourth-order valence-electron chi connectivity index (χ4n) is 0.838. The SMILES string of the molecule is O=C(O)N1CC=CC(F)C1. The summed E-state index contributed by atoms with van der Waals surface area (Å²) in [4.78, 5) is 11.3. The maximum Gasteiger partial charge on any atom is 0.407 e. The van der Waals surface area contributed by atoms with E-state index in [1.165, 1.54) is 12.2 Å². The zero-order valence-corrected chi connectivity index (χ0v) is 5.33. The van der Waals surface area contributed by atoms with Gasteiger partial charge in [0.05, 0.1) is 6.54 Å². The second kappa shape index (κ2) is 2.68. The fourth-order valence-corrected chi connectivity index (χ4v) is 0.838. The molecule has 1 aliphatic rings. The Labute approximate surface area is 57.7 Å². The van der Waals surface area contributed by atoms with Gasteiger partial charge in [0.15, 0.2) is 0 Å². The maximum absolute atomic E-state index is 12.4. The van der Waals surface area contributed by atoms with Crippen molar-refractivity contribution in [1.29, 1.82) is 0 Å². The minimum absolute atomic E-state index is 0.0359. The maximum atomic E-state index is 12.4. The monoisotopic (exact) mass is 145 g/mol. The van der Waals surface area contributed by atoms with Crippen LogP contribution in [-0.2, 0) is 0 Å². The van der Waals surface area contributed by atoms with Crippen molar-refractivity contribution >= 4 is 6.09 Å². The number of hydrogen-bond acceptors (Lipinski definition) is 1. The predicted molar refractivity (Wildman–Crippen MR) is 33.6 cm³/mol. The first-order chi connectivity index (χ1) is 4.70. The summed E-state index contributed by atoms with van der Waals surface area (Å²) in [6.45, 7) is 0.265. The van der Waals surface area contributed by atoms with Gasteiger partial charge in [-0.1, -0.05) is 12.2 Å². The lowest BCUT2D eigenvalue weighted by molar-refractivity contribution is 0.137. The predicted octanol–water partition coefficient (Wildman–Crippen LogP) is 0.874. The molecule has 0 saturated heterocycles. The largest absolute Gasteiger partial charge is 0.465 e. The number of alkyl halides is 1. The van der Waals surface area contributed by atoms with Crippen LogP contribution in [0.25, 0.3) is 0 Å². The van der Waals surface area contributed by atoms with Gasteiger partial charge in [-0.3, -0.25) is 0 Å². The van der Waals surface area contributed by atoms with E-state index < -0.39 is 12.3 Å². The van der Waals surface area contributed by atoms with E-state index in [-0.39, 0.29) is 6.54 Å². The summed E-state index contributed by atoms with van der Waals surface area (Å²) in [7, 11) is 0. The van der Waals surface area contributed by atoms with Gasteiger partial charge in [0.1, 0.15) is 6.17 Å². The van der Waals surface area contributed by atoms with Gasteiger partial charge in [-0.25, -0.2) is 9.18 Å². The first kappa shape index (κ1) is 7.05. The smallest absolute Gasteiger partial charge is 0.407 e. The molecule has 1 aliphatic heterocycles. The molecule has 1 atom stereocenters. The van der Waals surface area contributed by atoms with Gasteiger partial charge in [-0.2, -0.15) is 0 Å². The third kappa shape index (κ3) is 1.46. The molecule has 0 spiro atoms. The molecule has 1 rings (SSSR count). The Kier molecular flexibility index (Phi) is 1.89. The summed E-state index contributed by atoms with van der Waals surface area (Å²) in [5, 5.41) is 8.38. The summed E-state index contributed by atoms with van der Waals surface area (Å²) >= 11 is 0. The molecule has 56 valence electrons. The lowest BCUT2D eigenvalue weighted by atomic mass is 10.2. The van der Waals surface area contributed by atoms with Crippen molar-refractivity contribution in [2.24, 2.45) is 0 Å². The molecule has 0 bridgehead atoms. The molecule has 0 saturated carbocycles. The molecule has 0 fully saturated rings. The standard InChI is InChI=1S/C6H8FNO2/c7-5-2-1-3-8(4-5)6(9)10/h1-2,5H,3-4H2,(H,9,10). The highest BCUT2D eigenvalue weighted by atomic mass is 19.1. The van der Waals surface area contributed by atoms with E-state index >= 15 is 0 Å². The second-order valence-corrected chi connectivity index (χ2v) is 2.13. The van der Waals surface area contributed by atoms with Crippen molar-refractivity contribution in [3.63, 3.8) is 0 Å². The number of carboxylic acid groups (broad SMARTS) is 1. The van der Waals surface area contributed by atoms with Crippen LogP contribution in [0.1, 0.15) is 0 Å². The van der Waals surface area contributed by atoms with Crippen molar-refractivity contribution in [1.82, 2.24) is 4.90 Å². The van der Waals surface area contributed by atoms with Gasteiger partial charge in [0.2, 0.25) is 0 Å². The Morgan fingerprint density at radius 2 is 2.50 bits per heavy atom. The van der Waals surface area contributed by atoms with Gasteiger partial charge in [-0.15, -0.1) is 0 Å². The average Bonchev–Trinajstić information content (AvgIpc) is 1.88. The van der Waals surface area contributed by atoms with E-state index in [0.29, 0.717) is 6.54 Å². The summed E-state index contributed by atoms with van der Waals surface area (Å²) in [6.07, 6.45) is 0.693. The summed E-state index contributed by atoms with van der Waals surface area (Å²) in [5.41, 5.74) is 0. The average molecular weight is 145 g/mol. The van der Waals surface area contributed by atoms with Crippen molar-refractivity contribution in [3.05, 3.63) is 12.2 Å². The molecular weight excluding hydrogens is 137 g/mol. The molecular formula is C6H8FNO2. The Bertz CT molecular complexity index is 169. The minimum atomic E-state index is -1.13. The van der Waals surface area contributed by atoms with E-state index in [1.54, 1.807) is 0 Å². The molecule has 3 nitrogen and oxygen atoms in total. The van der Waals surface area contributed by atoms with E-state index in [9.17, 15) is 9.18 Å². The summed E-state index contributed by atoms with van der Waals surface area (Å²) < 4.78 is 12.4. The molecule has 1 amide bonds. The van der Waals surface area contributed by atoms with Crippen LogP contribution in [0.2, 0.25) is 0 Å². The van der Waals surface area contributed by atoms with E-state index in [1.807, 2.05) is 0 Å². The molecule has 1 unspecified atom stereocenters. The van der Waals surface area contributed by atoms with Gasteiger partial charge in [0.25, 0.3) is 0 Å². The Balaban J connectivity index is 2.52. The molecule has 0 aromatic heterocycles. The van der Waals surface area contributed by atoms with Gasteiger partial charge in [0, 0.05) is 6.54 Å². The van der Waals surface area contributed by atoms with Crippen LogP contribution in [0.3, 0.4) is 0 Å². The van der Waals surface area contributed by atoms with Crippen LogP contribution in [0.4, 0.5) is 9.18 Å². The van der Waals surface area contributed by atoms with E-state index in [0.717, 1.165) is 4.90 Å². The first-order valence-corrected chi connectivity index (χ1v) is 2.99. The Morgan fingerprint density at radius 1 is 1.80 bits per heavy atom. The molecule has 0 aromatic rings. The summed E-state index contributed by atoms with van der Waals surface area (Å²) in [5.74, 6) is 0. The summed E-state index contributed by atoms with van der Waals surface area (Å²) in [6, 6.07) is 0. The Morgan fingerprint density at radius 3 is 2.90 bits per heavy atom. The third-order valence-electron chi connectivity index (χ3n) is 1.34. The Hall–Kier alpha value is -1.06. The number of halogens is 1. The quantitative estimate of drug-likeness (QED) is 0.514. The number of nitrogens with zero attached hydrogens (tertiary/aromatic N) is 1. The van der Waals surface area contributed by atoms with Gasteiger partial charge >= 0.3 is 6.09 Å². The fraction of sp³-hybridized carbons (Fsp3) is 0.500. The third-order valence-corrected chi connectivity index (χ3v) is 1.34. The number of carbonyl (C=O) groups is 1. The topological polar surface area (TPSA) is 40.5 Å². The number of rotatable bonds is 0. The highest BCUT2D eigenvalue weighted by Gasteiger charge is 2.17. The van der Waals surface area contributed by atoms with E-state index in [4.69, 9.17) is 5.11 Å². The molecule has 1 N–H and O–H groups in total. The highest BCUT2D eigenvalue weighted by molar-refractivity contribution is 5.65. The van der Waals surface area contributed by atoms with Crippen LogP contribution in [-0.4, -0.2) is 35.4 Å². The first-order valence-electron chi connectivity index (χ1n) is 2.99. The molecule has 0 aromatic carbocycles. The molecule has 1 heterocycles. The number of amides is 1. The lowest BCUT2D eigenvalue weighted by Crippen LogP contribution is -2.37. The van der Waals surface area contributed by atoms with Crippen LogP contribution in [0, 0.1) is 0 Å². The molecule has 0 aliphatic carbocycles. The van der Waals surface area contributed by atoms with Crippen molar-refractivity contribution in [2.75, 3.05) is 13.1 Å². The van der Waals surface area contributed by atoms with Crippen molar-refractivity contribution < 1.29 is 14.3 Å². The normalized spacial score (nSPS) is 24.9. The van der Waals surface area contributed by atoms with E-state index in [2.05, 4.69) is 0 Å².